The minimum absolute atomic E-state index is 0.0192. The number of carbonyl (C=O) groups is 5. The van der Waals surface area contributed by atoms with Crippen LogP contribution in [0.25, 0.3) is 0 Å². The lowest BCUT2D eigenvalue weighted by Crippen LogP contribution is -2.57. The highest BCUT2D eigenvalue weighted by molar-refractivity contribution is 5.95. The summed E-state index contributed by atoms with van der Waals surface area (Å²) in [6, 6.07) is 1.30. The summed E-state index contributed by atoms with van der Waals surface area (Å²) in [6.07, 6.45) is 1.45. The fourth-order valence-electron chi connectivity index (χ4n) is 4.16. The first-order valence-corrected chi connectivity index (χ1v) is 12.1. The number of nitrogens with zero attached hydrogens (tertiary/aromatic N) is 1. The van der Waals surface area contributed by atoms with Crippen LogP contribution in [0.3, 0.4) is 0 Å². The topological polar surface area (TPSA) is 225 Å². The number of phenols is 1. The van der Waals surface area contributed by atoms with Crippen LogP contribution in [-0.2, 0) is 30.4 Å². The van der Waals surface area contributed by atoms with Gasteiger partial charge in [0.05, 0.1) is 12.5 Å². The van der Waals surface area contributed by atoms with Gasteiger partial charge in [-0.05, 0) is 56.3 Å². The smallest absolute Gasteiger partial charge is 0.326 e. The molecular formula is C24H35N5O8. The lowest BCUT2D eigenvalue weighted by atomic mass is 10.0. The number of nitrogens with two attached hydrogens (primary N) is 2. The van der Waals surface area contributed by atoms with E-state index in [4.69, 9.17) is 16.6 Å². The number of carboxylic acid groups (broad SMARTS) is 2. The van der Waals surface area contributed by atoms with Crippen LogP contribution >= 0.6 is 0 Å². The molecule has 0 aromatic heterocycles. The van der Waals surface area contributed by atoms with E-state index in [-0.39, 0.29) is 25.1 Å². The van der Waals surface area contributed by atoms with Gasteiger partial charge >= 0.3 is 11.9 Å². The van der Waals surface area contributed by atoms with Crippen molar-refractivity contribution < 1.29 is 39.3 Å². The van der Waals surface area contributed by atoms with Crippen molar-refractivity contribution >= 4 is 29.7 Å². The minimum atomic E-state index is -1.30. The molecular weight excluding hydrogens is 486 g/mol. The summed E-state index contributed by atoms with van der Waals surface area (Å²) in [4.78, 5) is 62.7. The first-order chi connectivity index (χ1) is 17.5. The van der Waals surface area contributed by atoms with Crippen LogP contribution < -0.4 is 22.1 Å². The molecule has 204 valence electrons. The second-order valence-corrected chi connectivity index (χ2v) is 9.01. The maximum atomic E-state index is 13.1. The lowest BCUT2D eigenvalue weighted by Gasteiger charge is -2.28. The number of nitrogens with one attached hydrogen (secondary N) is 2. The Balaban J connectivity index is 2.11. The zero-order chi connectivity index (χ0) is 27.5. The van der Waals surface area contributed by atoms with Gasteiger partial charge in [0.2, 0.25) is 17.7 Å². The molecule has 13 nitrogen and oxygen atoms in total. The number of phenolic OH excluding ortho intramolecular Hbond substituents is 1. The highest BCUT2D eigenvalue weighted by atomic mass is 16.4. The van der Waals surface area contributed by atoms with Crippen molar-refractivity contribution in [2.24, 2.45) is 11.5 Å². The molecule has 37 heavy (non-hydrogen) atoms. The fourth-order valence-corrected chi connectivity index (χ4v) is 4.16. The number of carbonyl (C=O) groups excluding carboxylic acids is 3. The Hall–Kier alpha value is -3.71. The van der Waals surface area contributed by atoms with E-state index in [1.54, 1.807) is 12.1 Å². The molecule has 1 saturated heterocycles. The molecule has 9 N–H and O–H groups in total. The third-order valence-electron chi connectivity index (χ3n) is 6.12. The molecule has 1 aromatic carbocycles. The standard InChI is InChI=1S/C24H35N5O8/c25-10-2-1-4-17(21(33)28-18(24(36)37)12-14-6-8-15(30)9-7-14)27-22(34)19-5-3-11-29(19)23(35)16(26)13-20(31)32/h6-9,16-19,30H,1-5,10-13,25-26H2,(H,27,34)(H,28,33)(H,31,32)(H,36,37). The molecule has 4 atom stereocenters. The number of carboxylic acids is 2. The number of hydrogen-bond donors (Lipinski definition) is 7. The largest absolute Gasteiger partial charge is 0.508 e. The Morgan fingerprint density at radius 3 is 2.30 bits per heavy atom. The zero-order valence-corrected chi connectivity index (χ0v) is 20.5. The number of aliphatic carboxylic acids is 2. The van der Waals surface area contributed by atoms with E-state index in [0.717, 1.165) is 0 Å². The molecule has 0 aliphatic carbocycles. The summed E-state index contributed by atoms with van der Waals surface area (Å²) in [5.74, 6) is -4.46. The normalized spacial score (nSPS) is 17.5. The van der Waals surface area contributed by atoms with Crippen molar-refractivity contribution in [2.75, 3.05) is 13.1 Å². The Kier molecular flexibility index (Phi) is 11.3. The van der Waals surface area contributed by atoms with Gasteiger partial charge in [0.1, 0.15) is 23.9 Å². The maximum absolute atomic E-state index is 13.1. The van der Waals surface area contributed by atoms with Gasteiger partial charge in [-0.25, -0.2) is 4.79 Å². The van der Waals surface area contributed by atoms with Gasteiger partial charge < -0.3 is 42.3 Å². The highest BCUT2D eigenvalue weighted by Gasteiger charge is 2.38. The molecule has 1 aliphatic heterocycles. The number of hydrogen-bond acceptors (Lipinski definition) is 8. The Bertz CT molecular complexity index is 970. The minimum Gasteiger partial charge on any atom is -0.508 e. The predicted octanol–water partition coefficient (Wildman–Crippen LogP) is -1.09. The maximum Gasteiger partial charge on any atom is 0.326 e. The molecule has 1 aliphatic rings. The summed E-state index contributed by atoms with van der Waals surface area (Å²) >= 11 is 0. The molecule has 3 amide bonds. The van der Waals surface area contributed by atoms with E-state index in [9.17, 15) is 34.2 Å². The molecule has 13 heteroatoms. The van der Waals surface area contributed by atoms with Crippen LogP contribution in [-0.4, -0.2) is 87.1 Å². The predicted molar refractivity (Wildman–Crippen MR) is 131 cm³/mol. The number of likely N-dealkylation sites (tertiary alicyclic amines) is 1. The first-order valence-electron chi connectivity index (χ1n) is 12.1. The molecule has 0 saturated carbocycles. The van der Waals surface area contributed by atoms with Gasteiger partial charge in [0.25, 0.3) is 0 Å². The summed E-state index contributed by atoms with van der Waals surface area (Å²) in [7, 11) is 0. The average molecular weight is 522 g/mol. The first kappa shape index (κ1) is 29.5. The van der Waals surface area contributed by atoms with Gasteiger partial charge in [-0.15, -0.1) is 0 Å². The molecule has 2 rings (SSSR count). The van der Waals surface area contributed by atoms with Crippen molar-refractivity contribution in [3.63, 3.8) is 0 Å². The monoisotopic (exact) mass is 521 g/mol. The summed E-state index contributed by atoms with van der Waals surface area (Å²) in [5.41, 5.74) is 11.8. The number of aromatic hydroxyl groups is 1. The molecule has 1 heterocycles. The SMILES string of the molecule is NCCCCC(NC(=O)C1CCCN1C(=O)C(N)CC(=O)O)C(=O)NC(Cc1ccc(O)cc1)C(=O)O. The third-order valence-corrected chi connectivity index (χ3v) is 6.12. The van der Waals surface area contributed by atoms with Gasteiger partial charge in [-0.1, -0.05) is 12.1 Å². The highest BCUT2D eigenvalue weighted by Crippen LogP contribution is 2.19. The van der Waals surface area contributed by atoms with Crippen LogP contribution in [0.2, 0.25) is 0 Å². The molecule has 0 bridgehead atoms. The van der Waals surface area contributed by atoms with Crippen molar-refractivity contribution in [1.82, 2.24) is 15.5 Å². The van der Waals surface area contributed by atoms with E-state index >= 15 is 0 Å². The van der Waals surface area contributed by atoms with E-state index in [2.05, 4.69) is 10.6 Å². The summed E-state index contributed by atoms with van der Waals surface area (Å²) < 4.78 is 0. The van der Waals surface area contributed by atoms with Crippen molar-refractivity contribution in [2.45, 2.75) is 69.1 Å². The number of benzene rings is 1. The van der Waals surface area contributed by atoms with Crippen LogP contribution in [0, 0.1) is 0 Å². The summed E-state index contributed by atoms with van der Waals surface area (Å²) in [5, 5.41) is 33.1. The van der Waals surface area contributed by atoms with Crippen LogP contribution in [0.4, 0.5) is 0 Å². The number of rotatable bonds is 14. The van der Waals surface area contributed by atoms with E-state index in [0.29, 0.717) is 37.8 Å². The molecule has 4 unspecified atom stereocenters. The van der Waals surface area contributed by atoms with Crippen LogP contribution in [0.5, 0.6) is 5.75 Å². The number of amides is 3. The van der Waals surface area contributed by atoms with Crippen molar-refractivity contribution in [3.8, 4) is 5.75 Å². The van der Waals surface area contributed by atoms with E-state index < -0.39 is 60.2 Å². The van der Waals surface area contributed by atoms with Crippen LogP contribution in [0.15, 0.2) is 24.3 Å². The molecule has 0 radical (unpaired) electrons. The molecule has 1 aromatic rings. The van der Waals surface area contributed by atoms with E-state index in [1.807, 2.05) is 0 Å². The second kappa shape index (κ2) is 14.1. The van der Waals surface area contributed by atoms with E-state index in [1.165, 1.54) is 17.0 Å². The Labute approximate surface area is 214 Å². The van der Waals surface area contributed by atoms with Crippen molar-refractivity contribution in [1.29, 1.82) is 0 Å². The third kappa shape index (κ3) is 9.03. The van der Waals surface area contributed by atoms with Gasteiger partial charge in [0.15, 0.2) is 0 Å². The number of unbranched alkanes of at least 4 members (excludes halogenated alkanes) is 1. The summed E-state index contributed by atoms with van der Waals surface area (Å²) in [6.45, 7) is 0.593. The molecule has 1 fully saturated rings. The molecule has 0 spiro atoms. The van der Waals surface area contributed by atoms with Gasteiger partial charge in [-0.2, -0.15) is 0 Å². The quantitative estimate of drug-likeness (QED) is 0.146. The second-order valence-electron chi connectivity index (χ2n) is 9.01. The Morgan fingerprint density at radius 2 is 1.70 bits per heavy atom. The Morgan fingerprint density at radius 1 is 1.03 bits per heavy atom. The van der Waals surface area contributed by atoms with Gasteiger partial charge in [0, 0.05) is 13.0 Å². The van der Waals surface area contributed by atoms with Gasteiger partial charge in [-0.3, -0.25) is 19.2 Å². The fraction of sp³-hybridized carbons (Fsp3) is 0.542. The van der Waals surface area contributed by atoms with Crippen molar-refractivity contribution in [3.05, 3.63) is 29.8 Å². The average Bonchev–Trinajstić information content (AvgIpc) is 3.33. The lowest BCUT2D eigenvalue weighted by molar-refractivity contribution is -0.144. The van der Waals surface area contributed by atoms with Crippen LogP contribution in [0.1, 0.15) is 44.1 Å². The zero-order valence-electron chi connectivity index (χ0n) is 20.5.